The van der Waals surface area contributed by atoms with Gasteiger partial charge in [0.1, 0.15) is 12.3 Å². The first-order valence-electron chi connectivity index (χ1n) is 10.4. The average Bonchev–Trinajstić information content (AvgIpc) is 2.99. The van der Waals surface area contributed by atoms with Gasteiger partial charge < -0.3 is 14.5 Å². The Hall–Kier alpha value is -2.38. The number of carbonyl (C=O) groups is 2. The van der Waals surface area contributed by atoms with Crippen molar-refractivity contribution in [1.82, 2.24) is 9.80 Å². The van der Waals surface area contributed by atoms with Gasteiger partial charge in [-0.2, -0.15) is 11.8 Å². The lowest BCUT2D eigenvalue weighted by atomic mass is 10.1. The van der Waals surface area contributed by atoms with Crippen molar-refractivity contribution in [2.24, 2.45) is 0 Å². The second-order valence-electron chi connectivity index (χ2n) is 7.58. The number of amides is 3. The van der Waals surface area contributed by atoms with Crippen LogP contribution in [-0.2, 0) is 4.79 Å². The molecule has 0 spiro atoms. The number of benzene rings is 2. The van der Waals surface area contributed by atoms with Crippen molar-refractivity contribution < 1.29 is 14.3 Å². The molecule has 2 fully saturated rings. The highest BCUT2D eigenvalue weighted by Gasteiger charge is 2.33. The van der Waals surface area contributed by atoms with Crippen LogP contribution in [0.2, 0.25) is 5.02 Å². The summed E-state index contributed by atoms with van der Waals surface area (Å²) in [5, 5.41) is 1.06. The van der Waals surface area contributed by atoms with Crippen LogP contribution in [-0.4, -0.2) is 67.3 Å². The number of thioether (sulfide) groups is 1. The van der Waals surface area contributed by atoms with E-state index in [1.165, 1.54) is 0 Å². The van der Waals surface area contributed by atoms with Crippen LogP contribution in [0.1, 0.15) is 17.2 Å². The number of halogens is 1. The zero-order chi connectivity index (χ0) is 21.8. The van der Waals surface area contributed by atoms with Gasteiger partial charge in [0.25, 0.3) is 0 Å². The summed E-state index contributed by atoms with van der Waals surface area (Å²) in [4.78, 5) is 31.1. The zero-order valence-electron chi connectivity index (χ0n) is 17.5. The minimum absolute atomic E-state index is 0.00404. The molecule has 31 heavy (non-hydrogen) atoms. The van der Waals surface area contributed by atoms with Gasteiger partial charge >= 0.3 is 6.03 Å². The predicted molar refractivity (Wildman–Crippen MR) is 125 cm³/mol. The fraction of sp³-hybridized carbons (Fsp3) is 0.391. The predicted octanol–water partition coefficient (Wildman–Crippen LogP) is 4.30. The van der Waals surface area contributed by atoms with E-state index in [-0.39, 0.29) is 23.7 Å². The van der Waals surface area contributed by atoms with Gasteiger partial charge in [-0.1, -0.05) is 41.9 Å². The van der Waals surface area contributed by atoms with Crippen LogP contribution in [0, 0.1) is 0 Å². The van der Waals surface area contributed by atoms with E-state index in [4.69, 9.17) is 16.3 Å². The SMILES string of the molecule is COc1ccccc1N1CCN(CC(=O)N2CCSC(c3ccccc3Cl)CC2)C1=O. The fourth-order valence-corrected chi connectivity index (χ4v) is 5.67. The quantitative estimate of drug-likeness (QED) is 0.669. The largest absolute Gasteiger partial charge is 0.495 e. The summed E-state index contributed by atoms with van der Waals surface area (Å²) in [6.07, 6.45) is 0.849. The number of rotatable bonds is 5. The van der Waals surface area contributed by atoms with Gasteiger partial charge in [0.05, 0.1) is 12.8 Å². The Bertz CT molecular complexity index is 957. The summed E-state index contributed by atoms with van der Waals surface area (Å²) >= 11 is 8.21. The van der Waals surface area contributed by atoms with Crippen LogP contribution in [0.5, 0.6) is 5.75 Å². The molecule has 0 aliphatic carbocycles. The van der Waals surface area contributed by atoms with E-state index < -0.39 is 0 Å². The Labute approximate surface area is 192 Å². The molecule has 2 aliphatic rings. The normalized spacial score (nSPS) is 19.5. The lowest BCUT2D eigenvalue weighted by molar-refractivity contribution is -0.131. The topological polar surface area (TPSA) is 53.1 Å². The van der Waals surface area contributed by atoms with Crippen LogP contribution in [0.3, 0.4) is 0 Å². The summed E-state index contributed by atoms with van der Waals surface area (Å²) in [5.74, 6) is 1.50. The maximum Gasteiger partial charge on any atom is 0.325 e. The van der Waals surface area contributed by atoms with Crippen molar-refractivity contribution in [2.75, 3.05) is 50.5 Å². The molecular weight excluding hydrogens is 434 g/mol. The first-order valence-corrected chi connectivity index (χ1v) is 11.8. The summed E-state index contributed by atoms with van der Waals surface area (Å²) in [6, 6.07) is 15.2. The Morgan fingerprint density at radius 2 is 1.87 bits per heavy atom. The van der Waals surface area contributed by atoms with Crippen LogP contribution in [0.25, 0.3) is 0 Å². The van der Waals surface area contributed by atoms with Crippen molar-refractivity contribution in [1.29, 1.82) is 0 Å². The highest BCUT2D eigenvalue weighted by atomic mass is 35.5. The smallest absolute Gasteiger partial charge is 0.325 e. The number of hydrogen-bond acceptors (Lipinski definition) is 4. The van der Waals surface area contributed by atoms with Gasteiger partial charge in [0.15, 0.2) is 0 Å². The molecule has 0 aromatic heterocycles. The van der Waals surface area contributed by atoms with Crippen LogP contribution in [0.4, 0.5) is 10.5 Å². The molecule has 0 N–H and O–H groups in total. The first-order chi connectivity index (χ1) is 15.1. The lowest BCUT2D eigenvalue weighted by Crippen LogP contribution is -2.43. The van der Waals surface area contributed by atoms with Crippen molar-refractivity contribution >= 4 is 41.0 Å². The fourth-order valence-electron chi connectivity index (χ4n) is 4.07. The summed E-state index contributed by atoms with van der Waals surface area (Å²) in [6.45, 7) is 2.51. The number of para-hydroxylation sites is 2. The number of carbonyl (C=O) groups excluding carboxylic acids is 2. The number of methoxy groups -OCH3 is 1. The molecule has 2 aliphatic heterocycles. The van der Waals surface area contributed by atoms with E-state index in [1.807, 2.05) is 59.1 Å². The Morgan fingerprint density at radius 1 is 1.10 bits per heavy atom. The zero-order valence-corrected chi connectivity index (χ0v) is 19.1. The van der Waals surface area contributed by atoms with Gasteiger partial charge in [0, 0.05) is 42.2 Å². The van der Waals surface area contributed by atoms with Gasteiger partial charge in [-0.05, 0) is 30.2 Å². The van der Waals surface area contributed by atoms with Gasteiger partial charge in [0.2, 0.25) is 5.91 Å². The minimum Gasteiger partial charge on any atom is -0.495 e. The molecule has 4 rings (SSSR count). The summed E-state index contributed by atoms with van der Waals surface area (Å²) in [5.41, 5.74) is 1.87. The average molecular weight is 460 g/mol. The van der Waals surface area contributed by atoms with Gasteiger partial charge in [-0.3, -0.25) is 9.69 Å². The maximum atomic E-state index is 13.0. The molecular formula is C23H26ClN3O3S. The molecule has 164 valence electrons. The summed E-state index contributed by atoms with van der Waals surface area (Å²) < 4.78 is 5.39. The Balaban J connectivity index is 1.36. The molecule has 0 saturated carbocycles. The third kappa shape index (κ3) is 4.77. The number of urea groups is 1. The first kappa shape index (κ1) is 21.8. The molecule has 2 aromatic rings. The van der Waals surface area contributed by atoms with E-state index in [0.717, 1.165) is 28.4 Å². The third-order valence-electron chi connectivity index (χ3n) is 5.74. The molecule has 8 heteroatoms. The highest BCUT2D eigenvalue weighted by Crippen LogP contribution is 2.38. The molecule has 6 nitrogen and oxygen atoms in total. The van der Waals surface area contributed by atoms with E-state index >= 15 is 0 Å². The second-order valence-corrected chi connectivity index (χ2v) is 9.30. The summed E-state index contributed by atoms with van der Waals surface area (Å²) in [7, 11) is 1.59. The minimum atomic E-state index is -0.156. The van der Waals surface area contributed by atoms with Gasteiger partial charge in [-0.15, -0.1) is 0 Å². The van der Waals surface area contributed by atoms with E-state index in [0.29, 0.717) is 31.9 Å². The molecule has 2 heterocycles. The maximum absolute atomic E-state index is 13.0. The van der Waals surface area contributed by atoms with E-state index in [9.17, 15) is 9.59 Å². The Kier molecular flexibility index (Phi) is 6.92. The molecule has 3 amide bonds. The number of ether oxygens (including phenoxy) is 1. The monoisotopic (exact) mass is 459 g/mol. The van der Waals surface area contributed by atoms with Crippen molar-refractivity contribution in [3.63, 3.8) is 0 Å². The molecule has 2 saturated heterocycles. The molecule has 1 atom stereocenters. The third-order valence-corrected chi connectivity index (χ3v) is 7.40. The molecule has 2 aromatic carbocycles. The van der Waals surface area contributed by atoms with Gasteiger partial charge in [-0.25, -0.2) is 4.79 Å². The molecule has 0 bridgehead atoms. The Morgan fingerprint density at radius 3 is 2.68 bits per heavy atom. The van der Waals surface area contributed by atoms with E-state index in [2.05, 4.69) is 6.07 Å². The number of hydrogen-bond donors (Lipinski definition) is 0. The molecule has 0 radical (unpaired) electrons. The van der Waals surface area contributed by atoms with E-state index in [1.54, 1.807) is 16.9 Å². The highest BCUT2D eigenvalue weighted by molar-refractivity contribution is 7.99. The second kappa shape index (κ2) is 9.83. The standard InChI is InChI=1S/C23H26ClN3O3S/c1-30-20-9-5-4-8-19(20)27-13-12-26(23(27)29)16-22(28)25-11-10-21(31-15-14-25)17-6-2-3-7-18(17)24/h2-9,21H,10-16H2,1H3. The molecule has 1 unspecified atom stereocenters. The van der Waals surface area contributed by atoms with Crippen molar-refractivity contribution in [3.05, 3.63) is 59.1 Å². The number of nitrogens with zero attached hydrogens (tertiary/aromatic N) is 3. The number of anilines is 1. The van der Waals surface area contributed by atoms with Crippen LogP contribution < -0.4 is 9.64 Å². The van der Waals surface area contributed by atoms with Crippen molar-refractivity contribution in [3.8, 4) is 5.75 Å². The van der Waals surface area contributed by atoms with Crippen LogP contribution in [0.15, 0.2) is 48.5 Å². The van der Waals surface area contributed by atoms with Crippen molar-refractivity contribution in [2.45, 2.75) is 11.7 Å². The lowest BCUT2D eigenvalue weighted by Gasteiger charge is -2.24. The van der Waals surface area contributed by atoms with Crippen LogP contribution >= 0.6 is 23.4 Å².